The maximum Gasteiger partial charge on any atom is 0.261 e. The molecule has 1 unspecified atom stereocenters. The van der Waals surface area contributed by atoms with Gasteiger partial charge in [-0.1, -0.05) is 48.3 Å². The van der Waals surface area contributed by atoms with E-state index in [0.717, 1.165) is 4.90 Å². The van der Waals surface area contributed by atoms with Crippen LogP contribution in [-0.4, -0.2) is 62.5 Å². The maximum absolute atomic E-state index is 12.3. The van der Waals surface area contributed by atoms with Crippen LogP contribution in [0.25, 0.3) is 0 Å². The number of aliphatic hydroxyl groups is 1. The van der Waals surface area contributed by atoms with Gasteiger partial charge in [-0.2, -0.15) is 0 Å². The van der Waals surface area contributed by atoms with Crippen molar-refractivity contribution in [2.75, 3.05) is 25.4 Å². The van der Waals surface area contributed by atoms with E-state index < -0.39 is 6.10 Å². The van der Waals surface area contributed by atoms with Gasteiger partial charge in [0.25, 0.3) is 11.8 Å². The molecule has 0 aromatic heterocycles. The number of hydrogen-bond acceptors (Lipinski definition) is 5. The van der Waals surface area contributed by atoms with Gasteiger partial charge >= 0.3 is 0 Å². The first-order valence-electron chi connectivity index (χ1n) is 7.76. The van der Waals surface area contributed by atoms with Gasteiger partial charge in [0, 0.05) is 18.8 Å². The van der Waals surface area contributed by atoms with Gasteiger partial charge in [-0.05, 0) is 12.1 Å². The third-order valence-electron chi connectivity index (χ3n) is 3.63. The second-order valence-electron chi connectivity index (χ2n) is 5.48. The molecule has 7 heteroatoms. The van der Waals surface area contributed by atoms with Gasteiger partial charge in [0.1, 0.15) is 4.32 Å². The van der Waals surface area contributed by atoms with Gasteiger partial charge in [0.15, 0.2) is 0 Å². The van der Waals surface area contributed by atoms with Crippen molar-refractivity contribution in [2.24, 2.45) is 0 Å². The number of rotatable bonds is 8. The highest BCUT2D eigenvalue weighted by Gasteiger charge is 2.36. The molecule has 0 saturated heterocycles. The Morgan fingerprint density at radius 1 is 1.20 bits per heavy atom. The van der Waals surface area contributed by atoms with Crippen molar-refractivity contribution in [2.45, 2.75) is 6.10 Å². The molecular weight excluding hydrogens is 356 g/mol. The molecule has 0 spiro atoms. The number of thiocarbonyl (C=S) groups is 1. The van der Waals surface area contributed by atoms with Crippen LogP contribution in [0, 0.1) is 0 Å². The largest absolute Gasteiger partial charge is 0.390 e. The van der Waals surface area contributed by atoms with E-state index in [4.69, 9.17) is 12.2 Å². The Bertz CT molecular complexity index is 660. The van der Waals surface area contributed by atoms with Crippen LogP contribution in [0.2, 0.25) is 0 Å². The number of aliphatic hydroxyl groups excluding tert-OH is 1. The van der Waals surface area contributed by atoms with Gasteiger partial charge in [0.2, 0.25) is 0 Å². The molecule has 0 fully saturated rings. The zero-order valence-electron chi connectivity index (χ0n) is 13.8. The molecule has 0 radical (unpaired) electrons. The molecule has 132 valence electrons. The molecule has 1 aliphatic heterocycles. The van der Waals surface area contributed by atoms with Crippen LogP contribution < -0.4 is 0 Å². The third-order valence-corrected chi connectivity index (χ3v) is 5.30. The molecule has 1 atom stereocenters. The topological polar surface area (TPSA) is 60.9 Å². The third kappa shape index (κ3) is 4.56. The Morgan fingerprint density at radius 3 is 2.20 bits per heavy atom. The highest BCUT2D eigenvalue weighted by atomic mass is 32.2. The van der Waals surface area contributed by atoms with E-state index in [1.807, 2.05) is 4.90 Å². The average molecular weight is 377 g/mol. The lowest BCUT2D eigenvalue weighted by Gasteiger charge is -2.23. The maximum atomic E-state index is 12.3. The average Bonchev–Trinajstić information content (AvgIpc) is 2.85. The number of benzene rings is 1. The Hall–Kier alpha value is -1.96. The van der Waals surface area contributed by atoms with E-state index in [1.165, 1.54) is 11.8 Å². The summed E-state index contributed by atoms with van der Waals surface area (Å²) in [5.74, 6) is -0.448. The van der Waals surface area contributed by atoms with Crippen LogP contribution in [0.1, 0.15) is 20.7 Å². The number of amides is 2. The summed E-state index contributed by atoms with van der Waals surface area (Å²) in [5.41, 5.74) is 0.761. The fourth-order valence-electron chi connectivity index (χ4n) is 2.46. The van der Waals surface area contributed by atoms with Crippen molar-refractivity contribution >= 4 is 40.1 Å². The Balaban J connectivity index is 1.91. The predicted molar refractivity (Wildman–Crippen MR) is 105 cm³/mol. The first kappa shape index (κ1) is 19.4. The van der Waals surface area contributed by atoms with E-state index in [9.17, 15) is 14.7 Å². The molecule has 0 aliphatic carbocycles. The fourth-order valence-corrected chi connectivity index (χ4v) is 3.59. The molecular formula is C18H20N2O3S2. The summed E-state index contributed by atoms with van der Waals surface area (Å²) in [6, 6.07) is 6.67. The summed E-state index contributed by atoms with van der Waals surface area (Å²) in [4.78, 5) is 27.6. The van der Waals surface area contributed by atoms with Crippen LogP contribution in [0.15, 0.2) is 49.6 Å². The number of carbonyl (C=O) groups excluding carboxylic acids is 2. The molecule has 1 aromatic rings. The second-order valence-corrected chi connectivity index (χ2v) is 7.13. The molecule has 1 aliphatic rings. The minimum absolute atomic E-state index is 0.0507. The first-order valence-corrected chi connectivity index (χ1v) is 9.15. The highest BCUT2D eigenvalue weighted by Crippen LogP contribution is 2.23. The van der Waals surface area contributed by atoms with E-state index in [0.29, 0.717) is 28.5 Å². The summed E-state index contributed by atoms with van der Waals surface area (Å²) in [5, 5.41) is 10.2. The number of nitrogens with zero attached hydrogens (tertiary/aromatic N) is 2. The molecule has 2 amide bonds. The van der Waals surface area contributed by atoms with Gasteiger partial charge in [-0.3, -0.25) is 14.5 Å². The Morgan fingerprint density at radius 2 is 1.72 bits per heavy atom. The first-order chi connectivity index (χ1) is 12.0. The zero-order valence-corrected chi connectivity index (χ0v) is 15.4. The lowest BCUT2D eigenvalue weighted by atomic mass is 10.1. The quantitative estimate of drug-likeness (QED) is 0.427. The van der Waals surface area contributed by atoms with Crippen LogP contribution in [0.5, 0.6) is 0 Å². The number of carbonyl (C=O) groups is 2. The molecule has 1 heterocycles. The monoisotopic (exact) mass is 376 g/mol. The van der Waals surface area contributed by atoms with E-state index in [1.54, 1.807) is 36.4 Å². The van der Waals surface area contributed by atoms with Gasteiger partial charge in [0.05, 0.1) is 23.8 Å². The van der Waals surface area contributed by atoms with Crippen LogP contribution in [-0.2, 0) is 0 Å². The lowest BCUT2D eigenvalue weighted by molar-refractivity contribution is 0.0567. The predicted octanol–water partition coefficient (Wildman–Crippen LogP) is 2.34. The highest BCUT2D eigenvalue weighted by molar-refractivity contribution is 8.22. The molecule has 0 saturated carbocycles. The number of fused-ring (bicyclic) bond motifs is 1. The number of hydrogen-bond donors (Lipinski definition) is 1. The van der Waals surface area contributed by atoms with Crippen molar-refractivity contribution in [1.29, 1.82) is 0 Å². The molecule has 5 nitrogen and oxygen atoms in total. The number of β-amino-alcohol motifs (C(OH)–C–C–N with tert-alkyl or cyclic N) is 1. The van der Waals surface area contributed by atoms with Crippen molar-refractivity contribution in [3.8, 4) is 0 Å². The lowest BCUT2D eigenvalue weighted by Crippen LogP contribution is -2.38. The van der Waals surface area contributed by atoms with Gasteiger partial charge in [-0.25, -0.2) is 0 Å². The summed E-state index contributed by atoms with van der Waals surface area (Å²) in [6.45, 7) is 8.51. The van der Waals surface area contributed by atoms with Crippen molar-refractivity contribution in [3.05, 3.63) is 60.7 Å². The summed E-state index contributed by atoms with van der Waals surface area (Å²) < 4.78 is 0.612. The minimum Gasteiger partial charge on any atom is -0.390 e. The molecule has 1 N–H and O–H groups in total. The fraction of sp³-hybridized carbons (Fsp3) is 0.278. The number of thioether (sulfide) groups is 1. The van der Waals surface area contributed by atoms with E-state index in [-0.39, 0.29) is 24.1 Å². The second kappa shape index (κ2) is 8.94. The van der Waals surface area contributed by atoms with Crippen molar-refractivity contribution in [3.63, 3.8) is 0 Å². The normalized spacial score (nSPS) is 14.2. The summed E-state index contributed by atoms with van der Waals surface area (Å²) >= 11 is 6.65. The molecule has 1 aromatic carbocycles. The van der Waals surface area contributed by atoms with Gasteiger partial charge in [-0.15, -0.1) is 13.2 Å². The van der Waals surface area contributed by atoms with Crippen LogP contribution in [0.4, 0.5) is 0 Å². The molecule has 0 bridgehead atoms. The van der Waals surface area contributed by atoms with E-state index >= 15 is 0 Å². The van der Waals surface area contributed by atoms with Crippen LogP contribution in [0.3, 0.4) is 0 Å². The number of imide groups is 1. The van der Waals surface area contributed by atoms with Gasteiger partial charge < -0.3 is 10.0 Å². The smallest absolute Gasteiger partial charge is 0.261 e. The Labute approximate surface area is 157 Å². The molecule has 2 rings (SSSR count). The van der Waals surface area contributed by atoms with Crippen molar-refractivity contribution in [1.82, 2.24) is 9.80 Å². The minimum atomic E-state index is -0.862. The van der Waals surface area contributed by atoms with Crippen molar-refractivity contribution < 1.29 is 14.7 Å². The van der Waals surface area contributed by atoms with E-state index in [2.05, 4.69) is 13.2 Å². The standard InChI is InChI=1S/C18H20N2O3S2/c1-3-9-19(10-4-2)18(24)25-12-13(21)11-20-16(22)14-7-5-6-8-15(14)17(20)23/h3-8,13,21H,1-2,9-12H2. The molecule has 25 heavy (non-hydrogen) atoms. The SMILES string of the molecule is C=CCN(CC=C)C(=S)SCC(O)CN1C(=O)c2ccccc2C1=O. The summed E-state index contributed by atoms with van der Waals surface area (Å²) in [6.07, 6.45) is 2.62. The summed E-state index contributed by atoms with van der Waals surface area (Å²) in [7, 11) is 0. The Kier molecular flexibility index (Phi) is 6.92. The van der Waals surface area contributed by atoms with Crippen LogP contribution >= 0.6 is 24.0 Å². The zero-order chi connectivity index (χ0) is 18.4.